The van der Waals surface area contributed by atoms with Crippen molar-refractivity contribution in [3.05, 3.63) is 65.0 Å². The zero-order valence-corrected chi connectivity index (χ0v) is 15.7. The highest BCUT2D eigenvalue weighted by Crippen LogP contribution is 2.21. The molecule has 0 fully saturated rings. The number of hydrogen-bond donors (Lipinski definition) is 3. The molecule has 3 N–H and O–H groups in total. The second-order valence-corrected chi connectivity index (χ2v) is 7.10. The molecule has 2 amide bonds. The normalized spacial score (nSPS) is 16.1. The number of carbonyl (C=O) groups excluding carboxylic acids is 1. The third kappa shape index (κ3) is 3.66. The molecule has 0 spiro atoms. The maximum absolute atomic E-state index is 12.3. The molecular weight excluding hydrogens is 338 g/mol. The lowest BCUT2D eigenvalue weighted by molar-refractivity contribution is 0.238. The minimum Gasteiger partial charge on any atom is -0.336 e. The van der Waals surface area contributed by atoms with E-state index in [2.05, 4.69) is 64.3 Å². The van der Waals surface area contributed by atoms with E-state index < -0.39 is 0 Å². The average molecular weight is 363 g/mol. The van der Waals surface area contributed by atoms with E-state index in [1.165, 1.54) is 16.7 Å². The molecule has 140 valence electrons. The van der Waals surface area contributed by atoms with E-state index in [1.54, 1.807) is 0 Å². The Balaban J connectivity index is 1.35. The highest BCUT2D eigenvalue weighted by molar-refractivity contribution is 5.77. The fourth-order valence-electron chi connectivity index (χ4n) is 3.71. The molecule has 1 aliphatic heterocycles. The molecule has 6 nitrogen and oxygen atoms in total. The molecule has 1 unspecified atom stereocenters. The second kappa shape index (κ2) is 7.40. The SMILES string of the molecule is Cc1ccc2c(c1)nc(CNC(=O)NCC1NCCc3ccccc31)n2C. The van der Waals surface area contributed by atoms with Crippen LogP contribution >= 0.6 is 0 Å². The van der Waals surface area contributed by atoms with Gasteiger partial charge in [-0.15, -0.1) is 0 Å². The van der Waals surface area contributed by atoms with Crippen LogP contribution in [-0.4, -0.2) is 28.7 Å². The molecule has 0 saturated carbocycles. The summed E-state index contributed by atoms with van der Waals surface area (Å²) in [4.78, 5) is 16.9. The molecule has 1 aromatic heterocycles. The minimum absolute atomic E-state index is 0.152. The molecular formula is C21H25N5O. The first-order valence-electron chi connectivity index (χ1n) is 9.36. The van der Waals surface area contributed by atoms with Gasteiger partial charge in [-0.1, -0.05) is 30.3 Å². The van der Waals surface area contributed by atoms with Crippen molar-refractivity contribution in [3.63, 3.8) is 0 Å². The number of aryl methyl sites for hydroxylation is 2. The van der Waals surface area contributed by atoms with Gasteiger partial charge < -0.3 is 20.5 Å². The molecule has 0 radical (unpaired) electrons. The van der Waals surface area contributed by atoms with Crippen LogP contribution in [0.4, 0.5) is 4.79 Å². The van der Waals surface area contributed by atoms with Gasteiger partial charge in [-0.25, -0.2) is 9.78 Å². The number of hydrogen-bond acceptors (Lipinski definition) is 3. The summed E-state index contributed by atoms with van der Waals surface area (Å²) in [5.74, 6) is 0.840. The van der Waals surface area contributed by atoms with Gasteiger partial charge in [-0.2, -0.15) is 0 Å². The maximum Gasteiger partial charge on any atom is 0.315 e. The van der Waals surface area contributed by atoms with Crippen molar-refractivity contribution in [2.75, 3.05) is 13.1 Å². The summed E-state index contributed by atoms with van der Waals surface area (Å²) >= 11 is 0. The van der Waals surface area contributed by atoms with Crippen LogP contribution < -0.4 is 16.0 Å². The molecule has 1 atom stereocenters. The molecule has 0 aliphatic carbocycles. The van der Waals surface area contributed by atoms with E-state index in [0.717, 1.165) is 29.8 Å². The lowest BCUT2D eigenvalue weighted by atomic mass is 9.94. The number of urea groups is 1. The molecule has 0 saturated heterocycles. The summed E-state index contributed by atoms with van der Waals surface area (Å²) < 4.78 is 2.02. The zero-order valence-electron chi connectivity index (χ0n) is 15.7. The van der Waals surface area contributed by atoms with E-state index in [-0.39, 0.29) is 12.1 Å². The van der Waals surface area contributed by atoms with Crippen molar-refractivity contribution >= 4 is 17.1 Å². The van der Waals surface area contributed by atoms with E-state index in [4.69, 9.17) is 0 Å². The predicted octanol–water partition coefficient (Wildman–Crippen LogP) is 2.57. The van der Waals surface area contributed by atoms with Gasteiger partial charge in [-0.3, -0.25) is 0 Å². The molecule has 2 aromatic carbocycles. The average Bonchev–Trinajstić information content (AvgIpc) is 2.99. The number of fused-ring (bicyclic) bond motifs is 2. The summed E-state index contributed by atoms with van der Waals surface area (Å²) in [6.45, 7) is 3.94. The summed E-state index contributed by atoms with van der Waals surface area (Å²) in [6, 6.07) is 14.6. The third-order valence-corrected chi connectivity index (χ3v) is 5.22. The van der Waals surface area contributed by atoms with E-state index >= 15 is 0 Å². The van der Waals surface area contributed by atoms with Gasteiger partial charge in [0.2, 0.25) is 0 Å². The Kier molecular flexibility index (Phi) is 4.81. The van der Waals surface area contributed by atoms with Crippen molar-refractivity contribution in [2.24, 2.45) is 7.05 Å². The van der Waals surface area contributed by atoms with Gasteiger partial charge in [0.05, 0.1) is 17.6 Å². The van der Waals surface area contributed by atoms with Gasteiger partial charge in [-0.05, 0) is 48.7 Å². The Bertz CT molecular complexity index is 978. The van der Waals surface area contributed by atoms with Gasteiger partial charge >= 0.3 is 6.03 Å². The quantitative estimate of drug-likeness (QED) is 0.667. The van der Waals surface area contributed by atoms with Crippen LogP contribution in [0, 0.1) is 6.92 Å². The summed E-state index contributed by atoms with van der Waals surface area (Å²) in [5.41, 5.74) is 5.84. The number of aromatic nitrogens is 2. The van der Waals surface area contributed by atoms with Crippen LogP contribution in [-0.2, 0) is 20.0 Å². The number of nitrogens with one attached hydrogen (secondary N) is 3. The fraction of sp³-hybridized carbons (Fsp3) is 0.333. The lowest BCUT2D eigenvalue weighted by Gasteiger charge is -2.27. The van der Waals surface area contributed by atoms with Crippen LogP contribution in [0.1, 0.15) is 28.6 Å². The summed E-state index contributed by atoms with van der Waals surface area (Å²) in [6.07, 6.45) is 1.03. The molecule has 2 heterocycles. The van der Waals surface area contributed by atoms with Gasteiger partial charge in [0.1, 0.15) is 5.82 Å². The number of amides is 2. The van der Waals surface area contributed by atoms with Crippen molar-refractivity contribution in [1.82, 2.24) is 25.5 Å². The monoisotopic (exact) mass is 363 g/mol. The first-order chi connectivity index (χ1) is 13.1. The molecule has 0 bridgehead atoms. The first kappa shape index (κ1) is 17.5. The molecule has 1 aliphatic rings. The van der Waals surface area contributed by atoms with E-state index in [9.17, 15) is 4.79 Å². The Labute approximate surface area is 159 Å². The first-order valence-corrected chi connectivity index (χ1v) is 9.36. The highest BCUT2D eigenvalue weighted by atomic mass is 16.2. The Morgan fingerprint density at radius 3 is 3.00 bits per heavy atom. The lowest BCUT2D eigenvalue weighted by Crippen LogP contribution is -2.42. The van der Waals surface area contributed by atoms with E-state index in [0.29, 0.717) is 13.1 Å². The Morgan fingerprint density at radius 1 is 1.26 bits per heavy atom. The van der Waals surface area contributed by atoms with Crippen LogP contribution in [0.25, 0.3) is 11.0 Å². The fourth-order valence-corrected chi connectivity index (χ4v) is 3.71. The number of benzene rings is 2. The van der Waals surface area contributed by atoms with Crippen LogP contribution in [0.2, 0.25) is 0 Å². The highest BCUT2D eigenvalue weighted by Gasteiger charge is 2.19. The van der Waals surface area contributed by atoms with Crippen molar-refractivity contribution in [2.45, 2.75) is 25.9 Å². The predicted molar refractivity (Wildman–Crippen MR) is 107 cm³/mol. The molecule has 6 heteroatoms. The Morgan fingerprint density at radius 2 is 2.11 bits per heavy atom. The topological polar surface area (TPSA) is 71.0 Å². The van der Waals surface area contributed by atoms with Crippen molar-refractivity contribution in [3.8, 4) is 0 Å². The van der Waals surface area contributed by atoms with Crippen LogP contribution in [0.5, 0.6) is 0 Å². The maximum atomic E-state index is 12.3. The second-order valence-electron chi connectivity index (χ2n) is 7.10. The standard InChI is InChI=1S/C21H25N5O/c1-14-7-8-19-17(11-14)25-20(26(19)2)13-24-21(27)23-12-18-16-6-4-3-5-15(16)9-10-22-18/h3-8,11,18,22H,9-10,12-13H2,1-2H3,(H2,23,24,27). The van der Waals surface area contributed by atoms with Crippen molar-refractivity contribution < 1.29 is 4.79 Å². The van der Waals surface area contributed by atoms with Gasteiger partial charge in [0.25, 0.3) is 0 Å². The number of nitrogens with zero attached hydrogens (tertiary/aromatic N) is 2. The minimum atomic E-state index is -0.178. The van der Waals surface area contributed by atoms with Gasteiger partial charge in [0.15, 0.2) is 0 Å². The Hall–Kier alpha value is -2.86. The van der Waals surface area contributed by atoms with E-state index in [1.807, 2.05) is 17.7 Å². The molecule has 4 rings (SSSR count). The molecule has 27 heavy (non-hydrogen) atoms. The largest absolute Gasteiger partial charge is 0.336 e. The number of carbonyl (C=O) groups is 1. The molecule has 3 aromatic rings. The smallest absolute Gasteiger partial charge is 0.315 e. The summed E-state index contributed by atoms with van der Waals surface area (Å²) in [7, 11) is 1.97. The number of rotatable bonds is 4. The summed E-state index contributed by atoms with van der Waals surface area (Å²) in [5, 5.41) is 9.37. The zero-order chi connectivity index (χ0) is 18.8. The number of imidazole rings is 1. The van der Waals surface area contributed by atoms with Crippen molar-refractivity contribution in [1.29, 1.82) is 0 Å². The third-order valence-electron chi connectivity index (χ3n) is 5.22. The van der Waals surface area contributed by atoms with Gasteiger partial charge in [0, 0.05) is 19.6 Å². The van der Waals surface area contributed by atoms with Crippen LogP contribution in [0.15, 0.2) is 42.5 Å². The van der Waals surface area contributed by atoms with Crippen LogP contribution in [0.3, 0.4) is 0 Å².